The molecule has 2 fully saturated rings. The van der Waals surface area contributed by atoms with Crippen molar-refractivity contribution in [3.63, 3.8) is 0 Å². The molecule has 1 aromatic carbocycles. The van der Waals surface area contributed by atoms with Crippen LogP contribution in [0, 0.1) is 0 Å². The van der Waals surface area contributed by atoms with E-state index in [0.29, 0.717) is 25.2 Å². The number of hydrogen-bond acceptors (Lipinski definition) is 4. The number of benzene rings is 1. The Bertz CT molecular complexity index is 773. The number of carbonyl (C=O) groups excluding carboxylic acids is 2. The Morgan fingerprint density at radius 2 is 1.76 bits per heavy atom. The van der Waals surface area contributed by atoms with Gasteiger partial charge in [-0.25, -0.2) is 0 Å². The molecular formula is C18H23N5O2. The third-order valence-electron chi connectivity index (χ3n) is 5.18. The zero-order chi connectivity index (χ0) is 17.2. The van der Waals surface area contributed by atoms with Crippen molar-refractivity contribution in [3.8, 4) is 0 Å². The van der Waals surface area contributed by atoms with Crippen LogP contribution in [0.1, 0.15) is 23.2 Å². The minimum absolute atomic E-state index is 0.0281. The third-order valence-corrected chi connectivity index (χ3v) is 5.18. The van der Waals surface area contributed by atoms with Crippen molar-refractivity contribution in [3.05, 3.63) is 30.0 Å². The van der Waals surface area contributed by atoms with Gasteiger partial charge < -0.3 is 9.80 Å². The quantitative estimate of drug-likeness (QED) is 0.902. The number of aromatic nitrogens is 2. The lowest BCUT2D eigenvalue weighted by molar-refractivity contribution is -0.131. The molecule has 2 saturated heterocycles. The maximum absolute atomic E-state index is 12.8. The van der Waals surface area contributed by atoms with Gasteiger partial charge in [-0.3, -0.25) is 19.6 Å². The number of fused-ring (bicyclic) bond motifs is 1. The fraction of sp³-hybridized carbons (Fsp3) is 0.500. The Balaban J connectivity index is 1.36. The van der Waals surface area contributed by atoms with Crippen LogP contribution in [0.15, 0.2) is 24.4 Å². The zero-order valence-electron chi connectivity index (χ0n) is 14.3. The van der Waals surface area contributed by atoms with Crippen molar-refractivity contribution in [2.45, 2.75) is 12.8 Å². The van der Waals surface area contributed by atoms with Gasteiger partial charge in [0.1, 0.15) is 0 Å². The van der Waals surface area contributed by atoms with Crippen LogP contribution in [-0.4, -0.2) is 82.5 Å². The first-order chi connectivity index (χ1) is 12.2. The number of likely N-dealkylation sites (tertiary alicyclic amines) is 1. The number of nitrogens with one attached hydrogen (secondary N) is 1. The van der Waals surface area contributed by atoms with Crippen LogP contribution in [0.3, 0.4) is 0 Å². The van der Waals surface area contributed by atoms with Gasteiger partial charge in [-0.2, -0.15) is 5.10 Å². The highest BCUT2D eigenvalue weighted by Crippen LogP contribution is 2.18. The van der Waals surface area contributed by atoms with Crippen molar-refractivity contribution in [1.82, 2.24) is 24.9 Å². The van der Waals surface area contributed by atoms with E-state index in [1.54, 1.807) is 6.20 Å². The molecule has 0 aliphatic carbocycles. The molecule has 4 rings (SSSR count). The molecule has 2 aliphatic rings. The molecule has 2 aliphatic heterocycles. The first kappa shape index (κ1) is 16.1. The van der Waals surface area contributed by atoms with Crippen molar-refractivity contribution < 1.29 is 9.59 Å². The first-order valence-corrected chi connectivity index (χ1v) is 8.94. The summed E-state index contributed by atoms with van der Waals surface area (Å²) in [6.07, 6.45) is 3.97. The minimum atomic E-state index is 0.0281. The summed E-state index contributed by atoms with van der Waals surface area (Å²) in [5, 5.41) is 7.89. The number of rotatable bonds is 3. The normalized spacial score (nSPS) is 18.9. The van der Waals surface area contributed by atoms with Crippen LogP contribution in [-0.2, 0) is 4.79 Å². The van der Waals surface area contributed by atoms with Crippen LogP contribution < -0.4 is 0 Å². The Morgan fingerprint density at radius 1 is 1.00 bits per heavy atom. The highest BCUT2D eigenvalue weighted by atomic mass is 16.2. The number of hydrogen-bond donors (Lipinski definition) is 1. The van der Waals surface area contributed by atoms with E-state index in [2.05, 4.69) is 15.1 Å². The molecule has 0 radical (unpaired) electrons. The van der Waals surface area contributed by atoms with E-state index in [1.165, 1.54) is 0 Å². The SMILES string of the molecule is O=C(CN1CCN(C(=O)c2cccc3cn[nH]c23)CC1)N1CCCC1. The predicted molar refractivity (Wildman–Crippen MR) is 94.3 cm³/mol. The maximum atomic E-state index is 12.8. The van der Waals surface area contributed by atoms with Crippen molar-refractivity contribution >= 4 is 22.7 Å². The summed E-state index contributed by atoms with van der Waals surface area (Å²) < 4.78 is 0. The van der Waals surface area contributed by atoms with Gasteiger partial charge in [-0.15, -0.1) is 0 Å². The molecular weight excluding hydrogens is 318 g/mol. The second kappa shape index (κ2) is 6.84. The molecule has 1 N–H and O–H groups in total. The van der Waals surface area contributed by atoms with E-state index < -0.39 is 0 Å². The lowest BCUT2D eigenvalue weighted by atomic mass is 10.1. The molecule has 1 aromatic heterocycles. The monoisotopic (exact) mass is 341 g/mol. The van der Waals surface area contributed by atoms with Gasteiger partial charge in [0, 0.05) is 44.7 Å². The molecule has 0 saturated carbocycles. The molecule has 25 heavy (non-hydrogen) atoms. The van der Waals surface area contributed by atoms with Crippen LogP contribution in [0.2, 0.25) is 0 Å². The number of piperazine rings is 1. The van der Waals surface area contributed by atoms with E-state index in [9.17, 15) is 9.59 Å². The predicted octanol–water partition coefficient (Wildman–Crippen LogP) is 0.943. The fourth-order valence-corrected chi connectivity index (χ4v) is 3.68. The summed E-state index contributed by atoms with van der Waals surface area (Å²) in [4.78, 5) is 31.1. The zero-order valence-corrected chi connectivity index (χ0v) is 14.3. The Morgan fingerprint density at radius 3 is 2.52 bits per heavy atom. The smallest absolute Gasteiger partial charge is 0.256 e. The molecule has 0 spiro atoms. The van der Waals surface area contributed by atoms with Gasteiger partial charge in [-0.05, 0) is 18.9 Å². The van der Waals surface area contributed by atoms with Crippen molar-refractivity contribution in [1.29, 1.82) is 0 Å². The largest absolute Gasteiger partial charge is 0.342 e. The lowest BCUT2D eigenvalue weighted by Gasteiger charge is -2.35. The number of para-hydroxylation sites is 1. The number of aromatic amines is 1. The number of amides is 2. The molecule has 3 heterocycles. The van der Waals surface area contributed by atoms with E-state index in [0.717, 1.165) is 49.9 Å². The molecule has 2 aromatic rings. The van der Waals surface area contributed by atoms with Gasteiger partial charge >= 0.3 is 0 Å². The summed E-state index contributed by atoms with van der Waals surface area (Å²) in [5.41, 5.74) is 1.45. The molecule has 2 amide bonds. The van der Waals surface area contributed by atoms with Gasteiger partial charge in [0.2, 0.25) is 5.91 Å². The average Bonchev–Trinajstić information content (AvgIpc) is 3.33. The van der Waals surface area contributed by atoms with Crippen LogP contribution in [0.25, 0.3) is 10.9 Å². The van der Waals surface area contributed by atoms with Crippen LogP contribution in [0.4, 0.5) is 0 Å². The fourth-order valence-electron chi connectivity index (χ4n) is 3.68. The Hall–Kier alpha value is -2.41. The lowest BCUT2D eigenvalue weighted by Crippen LogP contribution is -2.51. The highest BCUT2D eigenvalue weighted by molar-refractivity contribution is 6.05. The third kappa shape index (κ3) is 3.24. The summed E-state index contributed by atoms with van der Waals surface area (Å²) in [7, 11) is 0. The van der Waals surface area contributed by atoms with Gasteiger partial charge in [0.15, 0.2) is 0 Å². The van der Waals surface area contributed by atoms with E-state index in [4.69, 9.17) is 0 Å². The summed E-state index contributed by atoms with van der Waals surface area (Å²) in [6.45, 7) is 5.04. The van der Waals surface area contributed by atoms with Crippen LogP contribution in [0.5, 0.6) is 0 Å². The topological polar surface area (TPSA) is 72.5 Å². The minimum Gasteiger partial charge on any atom is -0.342 e. The van der Waals surface area contributed by atoms with Gasteiger partial charge in [-0.1, -0.05) is 12.1 Å². The molecule has 0 bridgehead atoms. The van der Waals surface area contributed by atoms with Gasteiger partial charge in [0.05, 0.1) is 23.8 Å². The number of carbonyl (C=O) groups is 2. The molecule has 7 nitrogen and oxygen atoms in total. The molecule has 0 unspecified atom stereocenters. The number of nitrogens with zero attached hydrogens (tertiary/aromatic N) is 4. The second-order valence-electron chi connectivity index (χ2n) is 6.80. The highest BCUT2D eigenvalue weighted by Gasteiger charge is 2.26. The van der Waals surface area contributed by atoms with E-state index in [1.807, 2.05) is 28.0 Å². The van der Waals surface area contributed by atoms with Crippen molar-refractivity contribution in [2.24, 2.45) is 0 Å². The molecule has 7 heteroatoms. The summed E-state index contributed by atoms with van der Waals surface area (Å²) in [6, 6.07) is 5.67. The standard InChI is InChI=1S/C18H23N5O2/c24-16(22-6-1-2-7-22)13-21-8-10-23(11-9-21)18(25)15-5-3-4-14-12-19-20-17(14)15/h3-5,12H,1-2,6-11,13H2,(H,19,20). The summed E-state index contributed by atoms with van der Waals surface area (Å²) in [5.74, 6) is 0.250. The first-order valence-electron chi connectivity index (χ1n) is 8.94. The summed E-state index contributed by atoms with van der Waals surface area (Å²) >= 11 is 0. The average molecular weight is 341 g/mol. The Kier molecular flexibility index (Phi) is 4.40. The van der Waals surface area contributed by atoms with Crippen molar-refractivity contribution in [2.75, 3.05) is 45.8 Å². The van der Waals surface area contributed by atoms with E-state index in [-0.39, 0.29) is 11.8 Å². The molecule has 0 atom stereocenters. The molecule has 132 valence electrons. The van der Waals surface area contributed by atoms with E-state index >= 15 is 0 Å². The number of H-pyrrole nitrogens is 1. The Labute approximate surface area is 146 Å². The van der Waals surface area contributed by atoms with Crippen LogP contribution >= 0.6 is 0 Å². The second-order valence-corrected chi connectivity index (χ2v) is 6.80. The maximum Gasteiger partial charge on any atom is 0.256 e. The van der Waals surface area contributed by atoms with Gasteiger partial charge in [0.25, 0.3) is 5.91 Å².